The van der Waals surface area contributed by atoms with Gasteiger partial charge in [0.05, 0.1) is 5.39 Å². The maximum atomic E-state index is 12.5. The lowest BCUT2D eigenvalue weighted by molar-refractivity contribution is -0.137. The number of nitrogens with zero attached hydrogens (tertiary/aromatic N) is 3. The van der Waals surface area contributed by atoms with Crippen LogP contribution in [-0.4, -0.2) is 39.5 Å². The van der Waals surface area contributed by atoms with Crippen LogP contribution in [0.4, 0.5) is 0 Å². The fraction of sp³-hybridized carbons (Fsp3) is 0.588. The largest absolute Gasteiger partial charge is 0.467 e. The normalized spacial score (nSPS) is 13.8. The second-order valence-electron chi connectivity index (χ2n) is 6.49. The second-order valence-corrected chi connectivity index (χ2v) is 7.58. The number of ether oxygens (including phenoxy) is 1. The summed E-state index contributed by atoms with van der Waals surface area (Å²) in [5.74, 6) is 0.545. The number of carbonyl (C=O) groups is 1. The molecule has 0 aliphatic heterocycles. The van der Waals surface area contributed by atoms with Crippen molar-refractivity contribution in [2.45, 2.75) is 59.0 Å². The van der Waals surface area contributed by atoms with Gasteiger partial charge in [-0.15, -0.1) is 11.3 Å². The minimum Gasteiger partial charge on any atom is -0.467 e. The van der Waals surface area contributed by atoms with Crippen LogP contribution in [-0.2, 0) is 17.6 Å². The molecule has 0 fully saturated rings. The number of amides is 1. The maximum Gasteiger partial charge on any atom is 0.261 e. The number of fused-ring (bicyclic) bond motifs is 3. The predicted octanol–water partition coefficient (Wildman–Crippen LogP) is 3.20. The lowest BCUT2D eigenvalue weighted by Gasteiger charge is -2.30. The number of hydrogen-bond acceptors (Lipinski definition) is 5. The summed E-state index contributed by atoms with van der Waals surface area (Å²) in [6.45, 7) is 8.10. The van der Waals surface area contributed by atoms with Crippen LogP contribution in [0.25, 0.3) is 10.2 Å². The zero-order valence-corrected chi connectivity index (χ0v) is 14.9. The van der Waals surface area contributed by atoms with Gasteiger partial charge in [0.1, 0.15) is 11.2 Å². The Balaban J connectivity index is 1.81. The van der Waals surface area contributed by atoms with Gasteiger partial charge in [-0.1, -0.05) is 0 Å². The molecule has 0 N–H and O–H groups in total. The fourth-order valence-electron chi connectivity index (χ4n) is 3.39. The lowest BCUT2D eigenvalue weighted by atomic mass is 10.2. The van der Waals surface area contributed by atoms with Crippen molar-refractivity contribution in [3.05, 3.63) is 16.8 Å². The number of rotatable bonds is 5. The summed E-state index contributed by atoms with van der Waals surface area (Å²) in [5, 5.41) is 1.01. The van der Waals surface area contributed by atoms with Crippen molar-refractivity contribution in [1.82, 2.24) is 14.9 Å². The van der Waals surface area contributed by atoms with Gasteiger partial charge in [-0.05, 0) is 52.5 Å². The van der Waals surface area contributed by atoms with E-state index >= 15 is 0 Å². The van der Waals surface area contributed by atoms with E-state index in [1.165, 1.54) is 23.2 Å². The smallest absolute Gasteiger partial charge is 0.261 e. The number of hydrogen-bond donors (Lipinski definition) is 0. The number of aryl methyl sites for hydroxylation is 2. The molecule has 0 aromatic carbocycles. The average molecular weight is 333 g/mol. The van der Waals surface area contributed by atoms with Gasteiger partial charge >= 0.3 is 0 Å². The van der Waals surface area contributed by atoms with Gasteiger partial charge in [0, 0.05) is 17.0 Å². The van der Waals surface area contributed by atoms with Gasteiger partial charge in [-0.3, -0.25) is 4.79 Å². The minimum absolute atomic E-state index is 0.00589. The first-order valence-electron chi connectivity index (χ1n) is 8.18. The third-order valence-electron chi connectivity index (χ3n) is 4.20. The summed E-state index contributed by atoms with van der Waals surface area (Å²) < 4.78 is 5.81. The van der Waals surface area contributed by atoms with E-state index in [0.717, 1.165) is 23.1 Å². The van der Waals surface area contributed by atoms with Gasteiger partial charge in [0.2, 0.25) is 5.88 Å². The SMILES string of the molecule is CC(C)N(C(=O)COc1ncnc2sc3c(c12)CCC3)C(C)C. The van der Waals surface area contributed by atoms with E-state index < -0.39 is 0 Å². The van der Waals surface area contributed by atoms with E-state index in [1.54, 1.807) is 11.3 Å². The number of thiophene rings is 1. The predicted molar refractivity (Wildman–Crippen MR) is 92.1 cm³/mol. The van der Waals surface area contributed by atoms with E-state index in [1.807, 2.05) is 32.6 Å². The Bertz CT molecular complexity index is 716. The first-order chi connectivity index (χ1) is 11.0. The second kappa shape index (κ2) is 6.43. The molecule has 0 saturated carbocycles. The van der Waals surface area contributed by atoms with Crippen molar-refractivity contribution in [1.29, 1.82) is 0 Å². The zero-order chi connectivity index (χ0) is 16.6. The van der Waals surface area contributed by atoms with Crippen LogP contribution < -0.4 is 4.74 Å². The van der Waals surface area contributed by atoms with E-state index in [2.05, 4.69) is 9.97 Å². The highest BCUT2D eigenvalue weighted by Crippen LogP contribution is 2.39. The Kier molecular flexibility index (Phi) is 4.53. The minimum atomic E-state index is -0.00589. The summed E-state index contributed by atoms with van der Waals surface area (Å²) in [5.41, 5.74) is 1.32. The molecule has 124 valence electrons. The summed E-state index contributed by atoms with van der Waals surface area (Å²) >= 11 is 1.72. The maximum absolute atomic E-state index is 12.5. The molecule has 0 saturated heterocycles. The zero-order valence-electron chi connectivity index (χ0n) is 14.1. The molecule has 23 heavy (non-hydrogen) atoms. The highest BCUT2D eigenvalue weighted by atomic mass is 32.1. The molecule has 1 aliphatic carbocycles. The van der Waals surface area contributed by atoms with E-state index in [-0.39, 0.29) is 24.6 Å². The van der Waals surface area contributed by atoms with Crippen molar-refractivity contribution in [2.75, 3.05) is 6.61 Å². The van der Waals surface area contributed by atoms with Crippen LogP contribution in [0.5, 0.6) is 5.88 Å². The average Bonchev–Trinajstić information content (AvgIpc) is 3.04. The molecule has 0 bridgehead atoms. The van der Waals surface area contributed by atoms with Crippen LogP contribution >= 0.6 is 11.3 Å². The highest BCUT2D eigenvalue weighted by molar-refractivity contribution is 7.18. The summed E-state index contributed by atoms with van der Waals surface area (Å²) in [4.78, 5) is 25.3. The fourth-order valence-corrected chi connectivity index (χ4v) is 4.61. The van der Waals surface area contributed by atoms with Gasteiger partial charge in [0.15, 0.2) is 6.61 Å². The van der Waals surface area contributed by atoms with Gasteiger partial charge in [-0.2, -0.15) is 0 Å². The molecule has 5 nitrogen and oxygen atoms in total. The first-order valence-corrected chi connectivity index (χ1v) is 9.00. The van der Waals surface area contributed by atoms with Crippen LogP contribution in [0.15, 0.2) is 6.33 Å². The summed E-state index contributed by atoms with van der Waals surface area (Å²) in [6, 6.07) is 0.309. The third kappa shape index (κ3) is 3.04. The standard InChI is InChI=1S/C17H23N3O2S/c1-10(2)20(11(3)4)14(21)8-22-16-15-12-6-5-7-13(12)23-17(15)19-9-18-16/h9-11H,5-8H2,1-4H3. The topological polar surface area (TPSA) is 55.3 Å². The summed E-state index contributed by atoms with van der Waals surface area (Å²) in [6.07, 6.45) is 4.87. The van der Waals surface area contributed by atoms with Crippen LogP contribution in [0.2, 0.25) is 0 Å². The Morgan fingerprint density at radius 1 is 1.26 bits per heavy atom. The van der Waals surface area contributed by atoms with Crippen LogP contribution in [0.3, 0.4) is 0 Å². The van der Waals surface area contributed by atoms with Crippen molar-refractivity contribution < 1.29 is 9.53 Å². The van der Waals surface area contributed by atoms with Crippen molar-refractivity contribution in [3.8, 4) is 5.88 Å². The molecule has 2 heterocycles. The molecule has 0 radical (unpaired) electrons. The quantitative estimate of drug-likeness (QED) is 0.843. The van der Waals surface area contributed by atoms with Gasteiger partial charge in [0.25, 0.3) is 5.91 Å². The Hall–Kier alpha value is -1.69. The van der Waals surface area contributed by atoms with Crippen LogP contribution in [0.1, 0.15) is 44.6 Å². The molecule has 2 aromatic rings. The lowest BCUT2D eigenvalue weighted by Crippen LogP contribution is -2.44. The number of aromatic nitrogens is 2. The molecule has 0 unspecified atom stereocenters. The molecule has 0 spiro atoms. The number of carbonyl (C=O) groups excluding carboxylic acids is 1. The van der Waals surface area contributed by atoms with E-state index in [0.29, 0.717) is 5.88 Å². The molecule has 3 rings (SSSR count). The van der Waals surface area contributed by atoms with Crippen molar-refractivity contribution in [2.24, 2.45) is 0 Å². The molecule has 1 amide bonds. The summed E-state index contributed by atoms with van der Waals surface area (Å²) in [7, 11) is 0. The molecular formula is C17H23N3O2S. The Morgan fingerprint density at radius 2 is 2.00 bits per heavy atom. The van der Waals surface area contributed by atoms with Crippen LogP contribution in [0, 0.1) is 0 Å². The van der Waals surface area contributed by atoms with E-state index in [9.17, 15) is 4.79 Å². The van der Waals surface area contributed by atoms with Crippen molar-refractivity contribution >= 4 is 27.5 Å². The first kappa shape index (κ1) is 16.2. The molecule has 6 heteroatoms. The third-order valence-corrected chi connectivity index (χ3v) is 5.40. The molecule has 1 aliphatic rings. The van der Waals surface area contributed by atoms with Gasteiger partial charge < -0.3 is 9.64 Å². The van der Waals surface area contributed by atoms with Gasteiger partial charge in [-0.25, -0.2) is 9.97 Å². The van der Waals surface area contributed by atoms with E-state index in [4.69, 9.17) is 4.74 Å². The molecule has 2 aromatic heterocycles. The highest BCUT2D eigenvalue weighted by Gasteiger charge is 2.24. The van der Waals surface area contributed by atoms with Crippen molar-refractivity contribution in [3.63, 3.8) is 0 Å². The molecular weight excluding hydrogens is 310 g/mol. The monoisotopic (exact) mass is 333 g/mol. The Morgan fingerprint density at radius 3 is 2.70 bits per heavy atom. The Labute approximate surface area is 140 Å². The molecule has 0 atom stereocenters.